The van der Waals surface area contributed by atoms with Crippen LogP contribution in [0, 0.1) is 5.82 Å². The second kappa shape index (κ2) is 8.01. The van der Waals surface area contributed by atoms with Crippen molar-refractivity contribution in [2.24, 2.45) is 0 Å². The van der Waals surface area contributed by atoms with Gasteiger partial charge in [0.25, 0.3) is 0 Å². The molecular weight excluding hydrogens is 219 g/mol. The van der Waals surface area contributed by atoms with Crippen molar-refractivity contribution in [1.29, 1.82) is 0 Å². The van der Waals surface area contributed by atoms with Crippen LogP contribution in [-0.2, 0) is 6.54 Å². The van der Waals surface area contributed by atoms with E-state index in [0.29, 0.717) is 19.0 Å². The number of hydrogen-bond acceptors (Lipinski definition) is 3. The first-order chi connectivity index (χ1) is 8.27. The fourth-order valence-electron chi connectivity index (χ4n) is 1.44. The van der Waals surface area contributed by atoms with Crippen molar-refractivity contribution >= 4 is 0 Å². The highest BCUT2D eigenvalue weighted by Crippen LogP contribution is 2.16. The molecular formula is C13H21FN2O. The lowest BCUT2D eigenvalue weighted by atomic mass is 10.2. The maximum absolute atomic E-state index is 13.1. The molecule has 0 spiro atoms. The number of ether oxygens (including phenoxy) is 1. The van der Waals surface area contributed by atoms with Crippen LogP contribution in [0.2, 0.25) is 0 Å². The van der Waals surface area contributed by atoms with Crippen molar-refractivity contribution in [2.75, 3.05) is 13.2 Å². The summed E-state index contributed by atoms with van der Waals surface area (Å²) in [6, 6.07) is 1.48. The van der Waals surface area contributed by atoms with E-state index < -0.39 is 0 Å². The van der Waals surface area contributed by atoms with E-state index in [9.17, 15) is 4.39 Å². The highest BCUT2D eigenvalue weighted by atomic mass is 19.1. The van der Waals surface area contributed by atoms with Gasteiger partial charge in [0, 0.05) is 12.1 Å². The van der Waals surface area contributed by atoms with Crippen LogP contribution >= 0.6 is 0 Å². The number of pyridine rings is 1. The van der Waals surface area contributed by atoms with E-state index in [0.717, 1.165) is 31.4 Å². The van der Waals surface area contributed by atoms with Gasteiger partial charge < -0.3 is 10.1 Å². The molecule has 17 heavy (non-hydrogen) atoms. The number of halogens is 1. The van der Waals surface area contributed by atoms with Crippen molar-refractivity contribution in [3.05, 3.63) is 23.6 Å². The molecule has 0 unspecified atom stereocenters. The Bertz CT molecular complexity index is 331. The number of aromatic nitrogens is 1. The molecule has 3 nitrogen and oxygen atoms in total. The van der Waals surface area contributed by atoms with Crippen LogP contribution in [0.15, 0.2) is 12.3 Å². The van der Waals surface area contributed by atoms with Gasteiger partial charge in [0.05, 0.1) is 12.8 Å². The monoisotopic (exact) mass is 240 g/mol. The molecule has 1 heterocycles. The lowest BCUT2D eigenvalue weighted by Gasteiger charge is -2.10. The topological polar surface area (TPSA) is 34.1 Å². The van der Waals surface area contributed by atoms with Gasteiger partial charge in [-0.05, 0) is 25.5 Å². The lowest BCUT2D eigenvalue weighted by molar-refractivity contribution is 0.292. The zero-order valence-electron chi connectivity index (χ0n) is 10.6. The third-order valence-electron chi connectivity index (χ3n) is 2.37. The first-order valence-electron chi connectivity index (χ1n) is 6.25. The number of rotatable bonds is 8. The molecule has 0 saturated heterocycles. The van der Waals surface area contributed by atoms with Gasteiger partial charge in [-0.15, -0.1) is 0 Å². The molecule has 96 valence electrons. The molecule has 0 aliphatic carbocycles. The maximum atomic E-state index is 13.1. The first kappa shape index (κ1) is 13.9. The summed E-state index contributed by atoms with van der Waals surface area (Å²) < 4.78 is 18.6. The Morgan fingerprint density at radius 1 is 1.35 bits per heavy atom. The van der Waals surface area contributed by atoms with E-state index in [1.165, 1.54) is 12.3 Å². The predicted octanol–water partition coefficient (Wildman–Crippen LogP) is 2.90. The van der Waals surface area contributed by atoms with Gasteiger partial charge in [0.1, 0.15) is 5.82 Å². The molecule has 0 saturated carbocycles. The molecule has 1 aromatic heterocycles. The third kappa shape index (κ3) is 5.13. The molecule has 0 atom stereocenters. The average molecular weight is 240 g/mol. The Kier molecular flexibility index (Phi) is 6.55. The number of hydrogen-bond donors (Lipinski definition) is 1. The van der Waals surface area contributed by atoms with E-state index in [-0.39, 0.29) is 5.82 Å². The van der Waals surface area contributed by atoms with Crippen LogP contribution in [0.3, 0.4) is 0 Å². The smallest absolute Gasteiger partial charge is 0.218 e. The molecule has 0 aliphatic heterocycles. The summed E-state index contributed by atoms with van der Waals surface area (Å²) in [7, 11) is 0. The second-order valence-corrected chi connectivity index (χ2v) is 4.00. The first-order valence-corrected chi connectivity index (χ1v) is 6.25. The van der Waals surface area contributed by atoms with Gasteiger partial charge in [-0.2, -0.15) is 0 Å². The summed E-state index contributed by atoms with van der Waals surface area (Å²) in [5.74, 6) is 0.226. The Morgan fingerprint density at radius 2 is 2.18 bits per heavy atom. The Labute approximate surface area is 102 Å². The fourth-order valence-corrected chi connectivity index (χ4v) is 1.44. The standard InChI is InChI=1S/C13H21FN2O/c1-3-5-7-17-13-11(9-15-6-4-2)8-12(14)10-16-13/h8,10,15H,3-7,9H2,1-2H3. The second-order valence-electron chi connectivity index (χ2n) is 4.00. The predicted molar refractivity (Wildman–Crippen MR) is 66.6 cm³/mol. The van der Waals surface area contributed by atoms with Crippen molar-refractivity contribution in [1.82, 2.24) is 10.3 Å². The van der Waals surface area contributed by atoms with Gasteiger partial charge in [-0.3, -0.25) is 0 Å². The van der Waals surface area contributed by atoms with Crippen molar-refractivity contribution in [3.8, 4) is 5.88 Å². The highest BCUT2D eigenvalue weighted by Gasteiger charge is 2.06. The van der Waals surface area contributed by atoms with Crippen LogP contribution in [0.5, 0.6) is 5.88 Å². The Hall–Kier alpha value is -1.16. The molecule has 4 heteroatoms. The summed E-state index contributed by atoms with van der Waals surface area (Å²) in [6.07, 6.45) is 4.31. The summed E-state index contributed by atoms with van der Waals surface area (Å²) in [5.41, 5.74) is 0.787. The molecule has 0 amide bonds. The zero-order valence-corrected chi connectivity index (χ0v) is 10.6. The van der Waals surface area contributed by atoms with Crippen molar-refractivity contribution in [3.63, 3.8) is 0 Å². The lowest BCUT2D eigenvalue weighted by Crippen LogP contribution is -2.15. The number of unbranched alkanes of at least 4 members (excludes halogenated alkanes) is 1. The van der Waals surface area contributed by atoms with Crippen LogP contribution in [0.4, 0.5) is 4.39 Å². The summed E-state index contributed by atoms with van der Waals surface area (Å²) in [5, 5.41) is 3.22. The maximum Gasteiger partial charge on any atom is 0.218 e. The molecule has 1 N–H and O–H groups in total. The van der Waals surface area contributed by atoms with Gasteiger partial charge in [-0.25, -0.2) is 9.37 Å². The summed E-state index contributed by atoms with van der Waals surface area (Å²) in [6.45, 7) is 6.33. The quantitative estimate of drug-likeness (QED) is 0.709. The minimum atomic E-state index is -0.318. The largest absolute Gasteiger partial charge is 0.477 e. The number of nitrogens with zero attached hydrogens (tertiary/aromatic N) is 1. The Balaban J connectivity index is 2.59. The molecule has 0 fully saturated rings. The minimum absolute atomic E-state index is 0.318. The van der Waals surface area contributed by atoms with Crippen LogP contribution in [0.1, 0.15) is 38.7 Å². The van der Waals surface area contributed by atoms with Crippen LogP contribution < -0.4 is 10.1 Å². The van der Waals surface area contributed by atoms with Crippen LogP contribution in [-0.4, -0.2) is 18.1 Å². The molecule has 1 aromatic rings. The van der Waals surface area contributed by atoms with E-state index in [1.54, 1.807) is 0 Å². The Morgan fingerprint density at radius 3 is 2.88 bits per heavy atom. The van der Waals surface area contributed by atoms with E-state index in [2.05, 4.69) is 24.1 Å². The zero-order chi connectivity index (χ0) is 12.5. The molecule has 0 radical (unpaired) electrons. The SMILES string of the molecule is CCCCOc1ncc(F)cc1CNCCC. The third-order valence-corrected chi connectivity index (χ3v) is 2.37. The normalized spacial score (nSPS) is 10.5. The van der Waals surface area contributed by atoms with E-state index >= 15 is 0 Å². The number of nitrogens with one attached hydrogen (secondary N) is 1. The molecule has 1 rings (SSSR count). The molecule has 0 aromatic carbocycles. The van der Waals surface area contributed by atoms with Gasteiger partial charge in [0.2, 0.25) is 5.88 Å². The fraction of sp³-hybridized carbons (Fsp3) is 0.615. The summed E-state index contributed by atoms with van der Waals surface area (Å²) in [4.78, 5) is 3.99. The van der Waals surface area contributed by atoms with Crippen molar-refractivity contribution in [2.45, 2.75) is 39.7 Å². The molecule has 0 bridgehead atoms. The highest BCUT2D eigenvalue weighted by molar-refractivity contribution is 5.26. The van der Waals surface area contributed by atoms with Gasteiger partial charge in [-0.1, -0.05) is 20.3 Å². The average Bonchev–Trinajstić information content (AvgIpc) is 2.32. The molecule has 0 aliphatic rings. The van der Waals surface area contributed by atoms with Crippen molar-refractivity contribution < 1.29 is 9.13 Å². The van der Waals surface area contributed by atoms with Gasteiger partial charge >= 0.3 is 0 Å². The van der Waals surface area contributed by atoms with Gasteiger partial charge in [0.15, 0.2) is 0 Å². The van der Waals surface area contributed by atoms with E-state index in [1.807, 2.05) is 0 Å². The summed E-state index contributed by atoms with van der Waals surface area (Å²) >= 11 is 0. The minimum Gasteiger partial charge on any atom is -0.477 e. The van der Waals surface area contributed by atoms with E-state index in [4.69, 9.17) is 4.74 Å². The van der Waals surface area contributed by atoms with Crippen LogP contribution in [0.25, 0.3) is 0 Å².